The van der Waals surface area contributed by atoms with Crippen LogP contribution in [-0.2, 0) is 0 Å². The van der Waals surface area contributed by atoms with Crippen molar-refractivity contribution < 1.29 is 14.6 Å². The van der Waals surface area contributed by atoms with Crippen LogP contribution in [-0.4, -0.2) is 41.4 Å². The van der Waals surface area contributed by atoms with Crippen LogP contribution in [0.3, 0.4) is 0 Å². The summed E-state index contributed by atoms with van der Waals surface area (Å²) in [7, 11) is 3.24. The molecule has 1 amide bonds. The summed E-state index contributed by atoms with van der Waals surface area (Å²) in [5.41, 5.74) is 0.263. The molecule has 5 heteroatoms. The first-order chi connectivity index (χ1) is 8.45. The number of rotatable bonds is 5. The minimum atomic E-state index is -0.209. The number of benzene rings is 1. The molecule has 1 unspecified atom stereocenters. The molecule has 0 aliphatic rings. The molecule has 0 bridgehead atoms. The van der Waals surface area contributed by atoms with Gasteiger partial charge in [0.05, 0.1) is 12.7 Å². The van der Waals surface area contributed by atoms with Gasteiger partial charge in [-0.3, -0.25) is 4.79 Å². The molecule has 0 radical (unpaired) electrons. The zero-order valence-electron chi connectivity index (χ0n) is 10.8. The summed E-state index contributed by atoms with van der Waals surface area (Å²) in [6.45, 7) is 2.66. The summed E-state index contributed by atoms with van der Waals surface area (Å²) in [4.78, 5) is 14.1. The van der Waals surface area contributed by atoms with E-state index in [1.165, 1.54) is 13.2 Å². The van der Waals surface area contributed by atoms with Gasteiger partial charge in [0.1, 0.15) is 11.5 Å². The molecule has 0 saturated heterocycles. The number of nitrogens with zero attached hydrogens (tertiary/aromatic N) is 1. The lowest BCUT2D eigenvalue weighted by Crippen LogP contribution is -2.28. The molecule has 1 rings (SSSR count). The van der Waals surface area contributed by atoms with Gasteiger partial charge in [-0.2, -0.15) is 0 Å². The van der Waals surface area contributed by atoms with E-state index in [9.17, 15) is 9.90 Å². The maximum atomic E-state index is 12.1. The smallest absolute Gasteiger partial charge is 0.257 e. The van der Waals surface area contributed by atoms with Gasteiger partial charge in [-0.1, -0.05) is 22.9 Å². The molecule has 0 aliphatic heterocycles. The summed E-state index contributed by atoms with van der Waals surface area (Å²) < 4.78 is 5.05. The van der Waals surface area contributed by atoms with Gasteiger partial charge in [0.25, 0.3) is 5.91 Å². The normalized spacial score (nSPS) is 12.0. The first-order valence-electron chi connectivity index (χ1n) is 5.72. The maximum Gasteiger partial charge on any atom is 0.257 e. The molecular weight excluding hydrogens is 298 g/mol. The van der Waals surface area contributed by atoms with E-state index in [1.807, 2.05) is 6.92 Å². The molecule has 0 aliphatic carbocycles. The van der Waals surface area contributed by atoms with Gasteiger partial charge < -0.3 is 14.7 Å². The molecule has 1 aromatic rings. The first kappa shape index (κ1) is 14.8. The average Bonchev–Trinajstić information content (AvgIpc) is 2.35. The molecule has 18 heavy (non-hydrogen) atoms. The van der Waals surface area contributed by atoms with Crippen LogP contribution in [0.5, 0.6) is 11.5 Å². The topological polar surface area (TPSA) is 49.8 Å². The van der Waals surface area contributed by atoms with E-state index in [2.05, 4.69) is 15.9 Å². The average molecular weight is 316 g/mol. The second-order valence-corrected chi connectivity index (χ2v) is 5.74. The van der Waals surface area contributed by atoms with Crippen molar-refractivity contribution >= 4 is 21.8 Å². The standard InChI is InChI=1S/C13H18BrNO3/c1-9(14)6-7-15(2)13(17)11-8-10(18-3)4-5-12(11)16/h4-5,8-9,16H,6-7H2,1-3H3. The number of amides is 1. The van der Waals surface area contributed by atoms with Gasteiger partial charge in [0.15, 0.2) is 0 Å². The lowest BCUT2D eigenvalue weighted by molar-refractivity contribution is 0.0790. The monoisotopic (exact) mass is 315 g/mol. The summed E-state index contributed by atoms with van der Waals surface area (Å²) in [6.07, 6.45) is 0.854. The van der Waals surface area contributed by atoms with Crippen molar-refractivity contribution in [3.63, 3.8) is 0 Å². The van der Waals surface area contributed by atoms with Crippen molar-refractivity contribution in [1.82, 2.24) is 4.90 Å². The second-order valence-electron chi connectivity index (χ2n) is 4.18. The number of hydrogen-bond donors (Lipinski definition) is 1. The highest BCUT2D eigenvalue weighted by Crippen LogP contribution is 2.24. The molecule has 1 atom stereocenters. The predicted molar refractivity (Wildman–Crippen MR) is 74.6 cm³/mol. The van der Waals surface area contributed by atoms with Crippen LogP contribution < -0.4 is 4.74 Å². The third kappa shape index (κ3) is 3.91. The van der Waals surface area contributed by atoms with Crippen molar-refractivity contribution in [1.29, 1.82) is 0 Å². The number of ether oxygens (including phenoxy) is 1. The van der Waals surface area contributed by atoms with Crippen LogP contribution in [0.2, 0.25) is 0 Å². The van der Waals surface area contributed by atoms with Gasteiger partial charge in [-0.15, -0.1) is 0 Å². The van der Waals surface area contributed by atoms with Crippen LogP contribution in [0.1, 0.15) is 23.7 Å². The highest BCUT2D eigenvalue weighted by molar-refractivity contribution is 9.09. The van der Waals surface area contributed by atoms with E-state index in [1.54, 1.807) is 24.1 Å². The molecule has 0 spiro atoms. The van der Waals surface area contributed by atoms with Gasteiger partial charge in [-0.25, -0.2) is 0 Å². The summed E-state index contributed by atoms with van der Waals surface area (Å²) >= 11 is 3.44. The number of phenols is 1. The maximum absolute atomic E-state index is 12.1. The van der Waals surface area contributed by atoms with Gasteiger partial charge in [0, 0.05) is 18.4 Å². The number of alkyl halides is 1. The van der Waals surface area contributed by atoms with E-state index in [0.29, 0.717) is 17.1 Å². The quantitative estimate of drug-likeness (QED) is 0.850. The lowest BCUT2D eigenvalue weighted by atomic mass is 10.1. The van der Waals surface area contributed by atoms with Gasteiger partial charge >= 0.3 is 0 Å². The zero-order chi connectivity index (χ0) is 13.7. The van der Waals surface area contributed by atoms with E-state index in [-0.39, 0.29) is 17.2 Å². The van der Waals surface area contributed by atoms with Crippen LogP contribution in [0.25, 0.3) is 0 Å². The third-order valence-corrected chi connectivity index (χ3v) is 3.10. The molecule has 0 fully saturated rings. The fourth-order valence-electron chi connectivity index (χ4n) is 1.49. The number of methoxy groups -OCH3 is 1. The van der Waals surface area contributed by atoms with E-state index in [4.69, 9.17) is 4.74 Å². The number of hydrogen-bond acceptors (Lipinski definition) is 3. The van der Waals surface area contributed by atoms with E-state index < -0.39 is 0 Å². The van der Waals surface area contributed by atoms with Crippen molar-refractivity contribution in [3.05, 3.63) is 23.8 Å². The fraction of sp³-hybridized carbons (Fsp3) is 0.462. The number of carbonyl (C=O) groups is 1. The van der Waals surface area contributed by atoms with Crippen LogP contribution in [0, 0.1) is 0 Å². The minimum Gasteiger partial charge on any atom is -0.507 e. The lowest BCUT2D eigenvalue weighted by Gasteiger charge is -2.18. The number of phenolic OH excluding ortho intramolecular Hbond substituents is 1. The summed E-state index contributed by atoms with van der Waals surface area (Å²) in [5, 5.41) is 9.71. The molecule has 0 aromatic heterocycles. The van der Waals surface area contributed by atoms with Crippen LogP contribution in [0.4, 0.5) is 0 Å². The third-order valence-electron chi connectivity index (χ3n) is 2.64. The highest BCUT2D eigenvalue weighted by Gasteiger charge is 2.16. The molecule has 0 saturated carbocycles. The molecular formula is C13H18BrNO3. The second kappa shape index (κ2) is 6.64. The number of halogens is 1. The van der Waals surface area contributed by atoms with Crippen molar-refractivity contribution in [3.8, 4) is 11.5 Å². The molecule has 0 heterocycles. The first-order valence-corrected chi connectivity index (χ1v) is 6.63. The summed E-state index contributed by atoms with van der Waals surface area (Å²) in [6, 6.07) is 4.63. The van der Waals surface area contributed by atoms with Crippen molar-refractivity contribution in [2.24, 2.45) is 0 Å². The van der Waals surface area contributed by atoms with Gasteiger partial charge in [-0.05, 0) is 24.6 Å². The Bertz CT molecular complexity index is 421. The van der Waals surface area contributed by atoms with E-state index in [0.717, 1.165) is 6.42 Å². The fourth-order valence-corrected chi connectivity index (χ4v) is 1.70. The summed E-state index contributed by atoms with van der Waals surface area (Å²) in [5.74, 6) is 0.317. The minimum absolute atomic E-state index is 0.0282. The number of carbonyl (C=O) groups excluding carboxylic acids is 1. The molecule has 4 nitrogen and oxygen atoms in total. The number of aromatic hydroxyl groups is 1. The van der Waals surface area contributed by atoms with Crippen molar-refractivity contribution in [2.45, 2.75) is 18.2 Å². The SMILES string of the molecule is COc1ccc(O)c(C(=O)N(C)CCC(C)Br)c1. The van der Waals surface area contributed by atoms with Crippen molar-refractivity contribution in [2.75, 3.05) is 20.7 Å². The highest BCUT2D eigenvalue weighted by atomic mass is 79.9. The molecule has 1 N–H and O–H groups in total. The van der Waals surface area contributed by atoms with E-state index >= 15 is 0 Å². The van der Waals surface area contributed by atoms with Crippen LogP contribution in [0.15, 0.2) is 18.2 Å². The Hall–Kier alpha value is -1.23. The molecule has 1 aromatic carbocycles. The largest absolute Gasteiger partial charge is 0.507 e. The Morgan fingerprint density at radius 1 is 1.56 bits per heavy atom. The van der Waals surface area contributed by atoms with Crippen LogP contribution >= 0.6 is 15.9 Å². The Morgan fingerprint density at radius 2 is 2.22 bits per heavy atom. The molecule has 100 valence electrons. The zero-order valence-corrected chi connectivity index (χ0v) is 12.4. The Morgan fingerprint density at radius 3 is 2.78 bits per heavy atom. The Balaban J connectivity index is 2.82. The Kier molecular flexibility index (Phi) is 5.47. The Labute approximate surface area is 116 Å². The predicted octanol–water partition coefficient (Wildman–Crippen LogP) is 2.65. The van der Waals surface area contributed by atoms with Gasteiger partial charge in [0.2, 0.25) is 0 Å².